The van der Waals surface area contributed by atoms with Gasteiger partial charge < -0.3 is 10.6 Å². The van der Waals surface area contributed by atoms with Crippen LogP contribution in [0.2, 0.25) is 0 Å². The van der Waals surface area contributed by atoms with Gasteiger partial charge in [-0.15, -0.1) is 0 Å². The zero-order valence-electron chi connectivity index (χ0n) is 13.2. The lowest BCUT2D eigenvalue weighted by molar-refractivity contribution is -0.115. The molecule has 0 saturated heterocycles. The van der Waals surface area contributed by atoms with Crippen molar-refractivity contribution in [2.75, 3.05) is 11.1 Å². The van der Waals surface area contributed by atoms with Gasteiger partial charge in [-0.1, -0.05) is 26.3 Å². The number of hydrogen-bond donors (Lipinski definition) is 2. The second kappa shape index (κ2) is 8.22. The predicted molar refractivity (Wildman–Crippen MR) is 92.4 cm³/mol. The molecule has 1 saturated carbocycles. The summed E-state index contributed by atoms with van der Waals surface area (Å²) >= 11 is 1.93. The Labute approximate surface area is 136 Å². The van der Waals surface area contributed by atoms with Crippen LogP contribution in [-0.4, -0.2) is 28.9 Å². The normalized spacial score (nSPS) is 20.6. The molecule has 1 aliphatic carbocycles. The van der Waals surface area contributed by atoms with Gasteiger partial charge >= 0.3 is 0 Å². The van der Waals surface area contributed by atoms with Crippen molar-refractivity contribution in [1.82, 2.24) is 5.32 Å². The van der Waals surface area contributed by atoms with Gasteiger partial charge in [0.2, 0.25) is 5.91 Å². The van der Waals surface area contributed by atoms with Gasteiger partial charge in [-0.2, -0.15) is 11.8 Å². The second-order valence-corrected chi connectivity index (χ2v) is 7.00. The van der Waals surface area contributed by atoms with Crippen molar-refractivity contribution >= 4 is 29.3 Å². The highest BCUT2D eigenvalue weighted by atomic mass is 32.2. The van der Waals surface area contributed by atoms with E-state index in [1.165, 1.54) is 12.8 Å². The van der Waals surface area contributed by atoms with Crippen molar-refractivity contribution in [2.24, 2.45) is 0 Å². The molecule has 2 N–H and O–H groups in total. The third-order valence-corrected chi connectivity index (χ3v) is 5.21. The van der Waals surface area contributed by atoms with Crippen LogP contribution < -0.4 is 10.6 Å². The lowest BCUT2D eigenvalue weighted by Gasteiger charge is -2.20. The molecule has 0 aliphatic heterocycles. The van der Waals surface area contributed by atoms with E-state index in [1.807, 2.05) is 11.8 Å². The standard InChI is InChI=1S/C17H24N2O2S/c1-3-16(20)18-13-8-5-7-12(11-13)17(21)19-14-9-6-10-15(14)22-4-2/h5,7-8,11,14-15H,3-4,6,9-10H2,1-2H3,(H,18,20)(H,19,21)/t14-,15+/m1/s1. The molecular formula is C17H24N2O2S. The number of carbonyl (C=O) groups is 2. The van der Waals surface area contributed by atoms with Gasteiger partial charge in [0, 0.05) is 29.0 Å². The Morgan fingerprint density at radius 3 is 2.82 bits per heavy atom. The minimum Gasteiger partial charge on any atom is -0.348 e. The summed E-state index contributed by atoms with van der Waals surface area (Å²) in [6.07, 6.45) is 3.83. The van der Waals surface area contributed by atoms with Gasteiger partial charge in [-0.05, 0) is 36.8 Å². The van der Waals surface area contributed by atoms with E-state index in [1.54, 1.807) is 31.2 Å². The maximum atomic E-state index is 12.4. The van der Waals surface area contributed by atoms with E-state index in [2.05, 4.69) is 17.6 Å². The summed E-state index contributed by atoms with van der Waals surface area (Å²) in [7, 11) is 0. The number of thioether (sulfide) groups is 1. The Hall–Kier alpha value is -1.49. The fourth-order valence-electron chi connectivity index (χ4n) is 2.74. The van der Waals surface area contributed by atoms with Crippen LogP contribution in [0.1, 0.15) is 49.9 Å². The summed E-state index contributed by atoms with van der Waals surface area (Å²) in [5.74, 6) is 0.976. The van der Waals surface area contributed by atoms with Crippen molar-refractivity contribution in [3.05, 3.63) is 29.8 Å². The monoisotopic (exact) mass is 320 g/mol. The van der Waals surface area contributed by atoms with Crippen LogP contribution in [-0.2, 0) is 4.79 Å². The fourth-order valence-corrected chi connectivity index (χ4v) is 3.94. The van der Waals surface area contributed by atoms with E-state index >= 15 is 0 Å². The Bertz CT molecular complexity index is 533. The molecular weight excluding hydrogens is 296 g/mol. The van der Waals surface area contributed by atoms with Crippen LogP contribution in [0.15, 0.2) is 24.3 Å². The lowest BCUT2D eigenvalue weighted by atomic mass is 10.1. The molecule has 1 aromatic rings. The van der Waals surface area contributed by atoms with Crippen molar-refractivity contribution in [2.45, 2.75) is 50.8 Å². The molecule has 2 amide bonds. The molecule has 0 bridgehead atoms. The number of benzene rings is 1. The number of carbonyl (C=O) groups excluding carboxylic acids is 2. The molecule has 0 radical (unpaired) electrons. The summed E-state index contributed by atoms with van der Waals surface area (Å²) < 4.78 is 0. The second-order valence-electron chi connectivity index (χ2n) is 5.49. The average molecular weight is 320 g/mol. The van der Waals surface area contributed by atoms with Crippen molar-refractivity contribution < 1.29 is 9.59 Å². The highest BCUT2D eigenvalue weighted by Crippen LogP contribution is 2.30. The molecule has 1 fully saturated rings. The third-order valence-electron chi connectivity index (χ3n) is 3.88. The van der Waals surface area contributed by atoms with Gasteiger partial charge in [0.05, 0.1) is 0 Å². The molecule has 1 aromatic carbocycles. The van der Waals surface area contributed by atoms with Crippen LogP contribution in [0.5, 0.6) is 0 Å². The average Bonchev–Trinajstić information content (AvgIpc) is 2.95. The number of rotatable bonds is 6. The van der Waals surface area contributed by atoms with Crippen LogP contribution in [0.4, 0.5) is 5.69 Å². The highest BCUT2D eigenvalue weighted by molar-refractivity contribution is 7.99. The third kappa shape index (κ3) is 4.50. The Morgan fingerprint density at radius 2 is 2.09 bits per heavy atom. The smallest absolute Gasteiger partial charge is 0.251 e. The molecule has 0 spiro atoms. The van der Waals surface area contributed by atoms with Gasteiger partial charge in [0.15, 0.2) is 0 Å². The van der Waals surface area contributed by atoms with E-state index in [4.69, 9.17) is 0 Å². The topological polar surface area (TPSA) is 58.2 Å². The van der Waals surface area contributed by atoms with Gasteiger partial charge in [0.1, 0.15) is 0 Å². The summed E-state index contributed by atoms with van der Waals surface area (Å²) in [4.78, 5) is 23.9. The minimum absolute atomic E-state index is 0.0484. The number of amides is 2. The van der Waals surface area contributed by atoms with E-state index in [9.17, 15) is 9.59 Å². The molecule has 0 aromatic heterocycles. The first-order valence-electron chi connectivity index (χ1n) is 7.96. The fraction of sp³-hybridized carbons (Fsp3) is 0.529. The van der Waals surface area contributed by atoms with Crippen LogP contribution in [0.25, 0.3) is 0 Å². The highest BCUT2D eigenvalue weighted by Gasteiger charge is 2.28. The zero-order valence-corrected chi connectivity index (χ0v) is 14.0. The van der Waals surface area contributed by atoms with E-state index in [0.29, 0.717) is 22.9 Å². The van der Waals surface area contributed by atoms with Crippen LogP contribution >= 0.6 is 11.8 Å². The molecule has 120 valence electrons. The predicted octanol–water partition coefficient (Wildman–Crippen LogP) is 3.44. The molecule has 2 rings (SSSR count). The molecule has 0 unspecified atom stereocenters. The molecule has 4 nitrogen and oxygen atoms in total. The van der Waals surface area contributed by atoms with Crippen LogP contribution in [0.3, 0.4) is 0 Å². The van der Waals surface area contributed by atoms with Crippen molar-refractivity contribution in [3.8, 4) is 0 Å². The first-order chi connectivity index (χ1) is 10.6. The first kappa shape index (κ1) is 16.9. The van der Waals surface area contributed by atoms with Gasteiger partial charge in [-0.3, -0.25) is 9.59 Å². The number of hydrogen-bond acceptors (Lipinski definition) is 3. The number of anilines is 1. The molecule has 5 heteroatoms. The van der Waals surface area contributed by atoms with E-state index < -0.39 is 0 Å². The van der Waals surface area contributed by atoms with E-state index in [-0.39, 0.29) is 17.9 Å². The lowest BCUT2D eigenvalue weighted by Crippen LogP contribution is -2.38. The summed E-state index contributed by atoms with van der Waals surface area (Å²) in [5.41, 5.74) is 1.27. The van der Waals surface area contributed by atoms with Gasteiger partial charge in [0.25, 0.3) is 5.91 Å². The first-order valence-corrected chi connectivity index (χ1v) is 9.01. The Morgan fingerprint density at radius 1 is 1.27 bits per heavy atom. The van der Waals surface area contributed by atoms with Crippen molar-refractivity contribution in [1.29, 1.82) is 0 Å². The Balaban J connectivity index is 2.00. The van der Waals surface area contributed by atoms with Crippen molar-refractivity contribution in [3.63, 3.8) is 0 Å². The molecule has 2 atom stereocenters. The molecule has 22 heavy (non-hydrogen) atoms. The zero-order chi connectivity index (χ0) is 15.9. The summed E-state index contributed by atoms with van der Waals surface area (Å²) in [5, 5.41) is 6.46. The number of nitrogens with one attached hydrogen (secondary N) is 2. The summed E-state index contributed by atoms with van der Waals surface area (Å²) in [6, 6.07) is 7.38. The maximum Gasteiger partial charge on any atom is 0.251 e. The summed E-state index contributed by atoms with van der Waals surface area (Å²) in [6.45, 7) is 3.96. The minimum atomic E-state index is -0.0544. The molecule has 1 aliphatic rings. The molecule has 0 heterocycles. The SMILES string of the molecule is CCS[C@H]1CCC[C@H]1NC(=O)c1cccc(NC(=O)CC)c1. The Kier molecular flexibility index (Phi) is 6.31. The van der Waals surface area contributed by atoms with E-state index in [0.717, 1.165) is 12.2 Å². The largest absolute Gasteiger partial charge is 0.348 e. The maximum absolute atomic E-state index is 12.4. The van der Waals surface area contributed by atoms with Gasteiger partial charge in [-0.25, -0.2) is 0 Å². The quantitative estimate of drug-likeness (QED) is 0.844. The van der Waals surface area contributed by atoms with Crippen LogP contribution in [0, 0.1) is 0 Å².